The minimum absolute atomic E-state index is 0. The molecule has 16 heavy (non-hydrogen) atoms. The first-order valence-corrected chi connectivity index (χ1v) is 4.78. The zero-order valence-electron chi connectivity index (χ0n) is 8.87. The number of rotatable bonds is 3. The van der Waals surface area contributed by atoms with E-state index in [0.717, 1.165) is 6.54 Å². The Bertz CT molecular complexity index is 398. The predicted octanol–water partition coefficient (Wildman–Crippen LogP) is 2.84. The van der Waals surface area contributed by atoms with Crippen LogP contribution in [-0.2, 0) is 13.1 Å². The smallest absolute Gasteiger partial charge is 0.0473 e. The largest absolute Gasteiger partial charge is 0.346 e. The van der Waals surface area contributed by atoms with Crippen molar-refractivity contribution in [2.75, 3.05) is 0 Å². The standard InChI is InChI=1S/C12H14N2.2ClH/c13-9-12-7-4-8-14(12)10-11-5-2-1-3-6-11;;/h1-8H,9-10,13H2;2*1H. The van der Waals surface area contributed by atoms with E-state index in [9.17, 15) is 0 Å². The molecule has 2 aromatic rings. The topological polar surface area (TPSA) is 30.9 Å². The Morgan fingerprint density at radius 1 is 0.938 bits per heavy atom. The van der Waals surface area contributed by atoms with Crippen molar-refractivity contribution in [1.82, 2.24) is 4.57 Å². The molecule has 0 saturated carbocycles. The second kappa shape index (κ2) is 7.34. The van der Waals surface area contributed by atoms with Crippen molar-refractivity contribution < 1.29 is 0 Å². The molecule has 0 bridgehead atoms. The fourth-order valence-electron chi connectivity index (χ4n) is 1.57. The van der Waals surface area contributed by atoms with E-state index < -0.39 is 0 Å². The number of halogens is 2. The molecule has 0 aliphatic heterocycles. The molecule has 0 aliphatic carbocycles. The molecule has 2 nitrogen and oxygen atoms in total. The summed E-state index contributed by atoms with van der Waals surface area (Å²) >= 11 is 0. The summed E-state index contributed by atoms with van der Waals surface area (Å²) in [6.07, 6.45) is 2.06. The highest BCUT2D eigenvalue weighted by atomic mass is 35.5. The lowest BCUT2D eigenvalue weighted by Crippen LogP contribution is -2.07. The van der Waals surface area contributed by atoms with Gasteiger partial charge in [-0.25, -0.2) is 0 Å². The van der Waals surface area contributed by atoms with E-state index in [0.29, 0.717) is 6.54 Å². The van der Waals surface area contributed by atoms with Crippen LogP contribution >= 0.6 is 24.8 Å². The summed E-state index contributed by atoms with van der Waals surface area (Å²) in [5, 5.41) is 0. The molecular formula is C12H16Cl2N2. The summed E-state index contributed by atoms with van der Waals surface area (Å²) in [6, 6.07) is 14.5. The van der Waals surface area contributed by atoms with Gasteiger partial charge in [0.1, 0.15) is 0 Å². The van der Waals surface area contributed by atoms with Gasteiger partial charge in [0.15, 0.2) is 0 Å². The number of hydrogen-bond donors (Lipinski definition) is 1. The molecule has 0 atom stereocenters. The lowest BCUT2D eigenvalue weighted by atomic mass is 10.2. The normalized spacial score (nSPS) is 9.06. The van der Waals surface area contributed by atoms with Gasteiger partial charge in [-0.3, -0.25) is 0 Å². The number of hydrogen-bond acceptors (Lipinski definition) is 1. The van der Waals surface area contributed by atoms with E-state index in [1.165, 1.54) is 11.3 Å². The Balaban J connectivity index is 0.00000112. The van der Waals surface area contributed by atoms with E-state index in [1.807, 2.05) is 12.1 Å². The van der Waals surface area contributed by atoms with Crippen molar-refractivity contribution in [3.63, 3.8) is 0 Å². The van der Waals surface area contributed by atoms with Crippen molar-refractivity contribution >= 4 is 24.8 Å². The lowest BCUT2D eigenvalue weighted by molar-refractivity contribution is 0.744. The lowest BCUT2D eigenvalue weighted by Gasteiger charge is -2.07. The molecular weight excluding hydrogens is 243 g/mol. The minimum atomic E-state index is 0. The van der Waals surface area contributed by atoms with Crippen LogP contribution in [0.5, 0.6) is 0 Å². The SMILES string of the molecule is Cl.Cl.NCc1cccn1Cc1ccccc1. The zero-order chi connectivity index (χ0) is 9.80. The quantitative estimate of drug-likeness (QED) is 0.902. The second-order valence-electron chi connectivity index (χ2n) is 3.32. The third-order valence-electron chi connectivity index (χ3n) is 2.33. The van der Waals surface area contributed by atoms with Crippen LogP contribution in [0.4, 0.5) is 0 Å². The molecule has 88 valence electrons. The number of nitrogens with two attached hydrogens (primary N) is 1. The first-order valence-electron chi connectivity index (χ1n) is 4.78. The van der Waals surface area contributed by atoms with Crippen LogP contribution in [0.3, 0.4) is 0 Å². The Morgan fingerprint density at radius 2 is 1.62 bits per heavy atom. The van der Waals surface area contributed by atoms with E-state index >= 15 is 0 Å². The second-order valence-corrected chi connectivity index (χ2v) is 3.32. The summed E-state index contributed by atoms with van der Waals surface area (Å²) in [4.78, 5) is 0. The number of nitrogens with zero attached hydrogens (tertiary/aromatic N) is 1. The Kier molecular flexibility index (Phi) is 6.90. The predicted molar refractivity (Wildman–Crippen MR) is 72.4 cm³/mol. The van der Waals surface area contributed by atoms with Crippen LogP contribution in [0.25, 0.3) is 0 Å². The highest BCUT2D eigenvalue weighted by Gasteiger charge is 1.98. The monoisotopic (exact) mass is 258 g/mol. The zero-order valence-corrected chi connectivity index (χ0v) is 10.5. The molecule has 4 heteroatoms. The molecule has 0 aliphatic rings. The van der Waals surface area contributed by atoms with Crippen molar-refractivity contribution in [1.29, 1.82) is 0 Å². The van der Waals surface area contributed by atoms with Crippen LogP contribution in [0.1, 0.15) is 11.3 Å². The summed E-state index contributed by atoms with van der Waals surface area (Å²) in [5.41, 5.74) is 8.11. The van der Waals surface area contributed by atoms with Gasteiger partial charge in [-0.05, 0) is 17.7 Å². The molecule has 0 radical (unpaired) electrons. The van der Waals surface area contributed by atoms with Gasteiger partial charge >= 0.3 is 0 Å². The number of aromatic nitrogens is 1. The Morgan fingerprint density at radius 3 is 2.25 bits per heavy atom. The first kappa shape index (κ1) is 15.0. The fourth-order valence-corrected chi connectivity index (χ4v) is 1.57. The van der Waals surface area contributed by atoms with Crippen LogP contribution in [0.15, 0.2) is 48.7 Å². The van der Waals surface area contributed by atoms with Crippen molar-refractivity contribution in [2.45, 2.75) is 13.1 Å². The highest BCUT2D eigenvalue weighted by Crippen LogP contribution is 2.06. The van der Waals surface area contributed by atoms with Gasteiger partial charge in [0.25, 0.3) is 0 Å². The molecule has 1 aromatic carbocycles. The summed E-state index contributed by atoms with van der Waals surface area (Å²) in [6.45, 7) is 1.50. The first-order chi connectivity index (χ1) is 6.90. The molecule has 0 saturated heterocycles. The van der Waals surface area contributed by atoms with Crippen LogP contribution in [-0.4, -0.2) is 4.57 Å². The minimum Gasteiger partial charge on any atom is -0.346 e. The highest BCUT2D eigenvalue weighted by molar-refractivity contribution is 5.85. The molecule has 2 rings (SSSR count). The molecule has 1 aromatic heterocycles. The Hall–Kier alpha value is -0.960. The van der Waals surface area contributed by atoms with Gasteiger partial charge in [-0.1, -0.05) is 30.3 Å². The van der Waals surface area contributed by atoms with Crippen molar-refractivity contribution in [2.24, 2.45) is 5.73 Å². The molecule has 0 unspecified atom stereocenters. The van der Waals surface area contributed by atoms with Crippen LogP contribution in [0.2, 0.25) is 0 Å². The van der Waals surface area contributed by atoms with Gasteiger partial charge in [0.05, 0.1) is 0 Å². The maximum Gasteiger partial charge on any atom is 0.0473 e. The van der Waals surface area contributed by atoms with E-state index in [2.05, 4.69) is 41.1 Å². The van der Waals surface area contributed by atoms with Gasteiger partial charge < -0.3 is 10.3 Å². The maximum atomic E-state index is 5.63. The molecule has 1 heterocycles. The Labute approximate surface area is 108 Å². The van der Waals surface area contributed by atoms with Gasteiger partial charge in [-0.15, -0.1) is 24.8 Å². The van der Waals surface area contributed by atoms with E-state index in [-0.39, 0.29) is 24.8 Å². The number of benzene rings is 1. The summed E-state index contributed by atoms with van der Waals surface area (Å²) in [7, 11) is 0. The third-order valence-corrected chi connectivity index (χ3v) is 2.33. The fraction of sp³-hybridized carbons (Fsp3) is 0.167. The van der Waals surface area contributed by atoms with Crippen molar-refractivity contribution in [3.05, 3.63) is 59.9 Å². The van der Waals surface area contributed by atoms with Crippen molar-refractivity contribution in [3.8, 4) is 0 Å². The third kappa shape index (κ3) is 3.56. The summed E-state index contributed by atoms with van der Waals surface area (Å²) < 4.78 is 2.18. The maximum absolute atomic E-state index is 5.63. The van der Waals surface area contributed by atoms with Crippen LogP contribution in [0, 0.1) is 0 Å². The average Bonchev–Trinajstić information content (AvgIpc) is 2.67. The van der Waals surface area contributed by atoms with Gasteiger partial charge in [0.2, 0.25) is 0 Å². The van der Waals surface area contributed by atoms with E-state index in [1.54, 1.807) is 0 Å². The van der Waals surface area contributed by atoms with Gasteiger partial charge in [0, 0.05) is 25.0 Å². The average molecular weight is 259 g/mol. The molecule has 0 fully saturated rings. The summed E-state index contributed by atoms with van der Waals surface area (Å²) in [5.74, 6) is 0. The van der Waals surface area contributed by atoms with Gasteiger partial charge in [-0.2, -0.15) is 0 Å². The molecule has 2 N–H and O–H groups in total. The van der Waals surface area contributed by atoms with Crippen LogP contribution < -0.4 is 5.73 Å². The van der Waals surface area contributed by atoms with E-state index in [4.69, 9.17) is 5.73 Å². The molecule has 0 amide bonds. The molecule has 0 spiro atoms.